The Kier molecular flexibility index (Phi) is 4.81. The highest BCUT2D eigenvalue weighted by molar-refractivity contribution is 7.80. The third kappa shape index (κ3) is 4.70. The second kappa shape index (κ2) is 5.75. The first-order valence-corrected chi connectivity index (χ1v) is 5.90. The molecule has 100 valence electrons. The molecule has 0 spiro atoms. The molecule has 0 aliphatic carbocycles. The molecule has 0 heterocycles. The van der Waals surface area contributed by atoms with Gasteiger partial charge in [-0.15, -0.1) is 0 Å². The number of anilines is 1. The van der Waals surface area contributed by atoms with Gasteiger partial charge in [-0.25, -0.2) is 0 Å². The average molecular weight is 297 g/mol. The molecule has 2 nitrogen and oxygen atoms in total. The summed E-state index contributed by atoms with van der Waals surface area (Å²) in [4.78, 5) is 0.105. The molecule has 0 aliphatic heterocycles. The number of thiocarbonyl (C=S) groups is 1. The van der Waals surface area contributed by atoms with Crippen LogP contribution in [-0.2, 0) is 0 Å². The van der Waals surface area contributed by atoms with Crippen molar-refractivity contribution in [1.29, 1.82) is 0 Å². The number of hydrogen-bond donors (Lipinski definition) is 2. The highest BCUT2D eigenvalue weighted by Gasteiger charge is 2.30. The van der Waals surface area contributed by atoms with Gasteiger partial charge < -0.3 is 11.1 Å². The number of nitrogens with two attached hydrogens (primary N) is 1. The van der Waals surface area contributed by atoms with Crippen molar-refractivity contribution < 1.29 is 13.2 Å². The van der Waals surface area contributed by atoms with Crippen LogP contribution >= 0.6 is 23.8 Å². The molecule has 0 bridgehead atoms. The molecule has 0 aliphatic rings. The minimum atomic E-state index is -4.23. The zero-order valence-corrected chi connectivity index (χ0v) is 11.1. The van der Waals surface area contributed by atoms with Gasteiger partial charge in [0.2, 0.25) is 0 Å². The molecule has 1 aromatic rings. The van der Waals surface area contributed by atoms with Gasteiger partial charge in [-0.1, -0.05) is 23.8 Å². The summed E-state index contributed by atoms with van der Waals surface area (Å²) in [5.74, 6) is 0. The monoisotopic (exact) mass is 296 g/mol. The summed E-state index contributed by atoms with van der Waals surface area (Å²) < 4.78 is 36.7. The van der Waals surface area contributed by atoms with Crippen LogP contribution in [0.5, 0.6) is 0 Å². The molecule has 18 heavy (non-hydrogen) atoms. The quantitative estimate of drug-likeness (QED) is 0.832. The van der Waals surface area contributed by atoms with E-state index in [9.17, 15) is 13.2 Å². The summed E-state index contributed by atoms with van der Waals surface area (Å²) in [6.45, 7) is 1.43. The van der Waals surface area contributed by atoms with Gasteiger partial charge in [0.25, 0.3) is 0 Å². The van der Waals surface area contributed by atoms with Crippen molar-refractivity contribution >= 4 is 34.5 Å². The molecule has 1 aromatic carbocycles. The van der Waals surface area contributed by atoms with Crippen molar-refractivity contribution in [2.75, 3.05) is 5.32 Å². The fourth-order valence-corrected chi connectivity index (χ4v) is 1.86. The topological polar surface area (TPSA) is 38.0 Å². The van der Waals surface area contributed by atoms with E-state index >= 15 is 0 Å². The lowest BCUT2D eigenvalue weighted by Gasteiger charge is -2.19. The molecule has 0 fully saturated rings. The van der Waals surface area contributed by atoms with Crippen LogP contribution in [0.1, 0.15) is 18.9 Å². The van der Waals surface area contributed by atoms with E-state index in [0.29, 0.717) is 16.3 Å². The zero-order chi connectivity index (χ0) is 13.9. The van der Waals surface area contributed by atoms with E-state index < -0.39 is 18.6 Å². The number of nitrogens with one attached hydrogen (secondary N) is 1. The molecule has 1 rings (SSSR count). The largest absolute Gasteiger partial charge is 0.391 e. The summed E-state index contributed by atoms with van der Waals surface area (Å²) >= 11 is 10.6. The summed E-state index contributed by atoms with van der Waals surface area (Å²) in [6.07, 6.45) is -5.18. The fraction of sp³-hybridized carbons (Fsp3) is 0.364. The number of hydrogen-bond acceptors (Lipinski definition) is 2. The minimum Gasteiger partial charge on any atom is -0.389 e. The molecular weight excluding hydrogens is 285 g/mol. The highest BCUT2D eigenvalue weighted by Crippen LogP contribution is 2.26. The highest BCUT2D eigenvalue weighted by atomic mass is 35.5. The number of benzene rings is 1. The summed E-state index contributed by atoms with van der Waals surface area (Å²) in [5.41, 5.74) is 6.38. The van der Waals surface area contributed by atoms with Crippen LogP contribution in [0.3, 0.4) is 0 Å². The predicted molar refractivity (Wildman–Crippen MR) is 71.1 cm³/mol. The van der Waals surface area contributed by atoms with E-state index in [1.807, 2.05) is 0 Å². The smallest absolute Gasteiger partial charge is 0.389 e. The lowest BCUT2D eigenvalue weighted by Crippen LogP contribution is -2.25. The van der Waals surface area contributed by atoms with Gasteiger partial charge in [0.1, 0.15) is 4.99 Å². The van der Waals surface area contributed by atoms with E-state index in [0.717, 1.165) is 0 Å². The summed E-state index contributed by atoms with van der Waals surface area (Å²) in [5, 5.41) is 3.12. The maximum absolute atomic E-state index is 12.2. The summed E-state index contributed by atoms with van der Waals surface area (Å²) in [6, 6.07) is 3.86. The van der Waals surface area contributed by atoms with Gasteiger partial charge in [-0.3, -0.25) is 0 Å². The first-order chi connectivity index (χ1) is 8.19. The first-order valence-electron chi connectivity index (χ1n) is 5.11. The zero-order valence-electron chi connectivity index (χ0n) is 9.51. The van der Waals surface area contributed by atoms with Crippen molar-refractivity contribution in [3.05, 3.63) is 28.8 Å². The van der Waals surface area contributed by atoms with E-state index in [1.165, 1.54) is 13.0 Å². The molecular formula is C11H12ClF3N2S. The predicted octanol–water partition coefficient (Wildman–Crippen LogP) is 3.73. The Balaban J connectivity index is 2.89. The average Bonchev–Trinajstić information content (AvgIpc) is 2.13. The number of halogens is 4. The van der Waals surface area contributed by atoms with E-state index in [4.69, 9.17) is 29.6 Å². The van der Waals surface area contributed by atoms with Crippen LogP contribution in [0.25, 0.3) is 0 Å². The molecule has 0 radical (unpaired) electrons. The Bertz CT molecular complexity index is 448. The second-order valence-electron chi connectivity index (χ2n) is 3.92. The second-order valence-corrected chi connectivity index (χ2v) is 4.80. The van der Waals surface area contributed by atoms with Gasteiger partial charge in [-0.05, 0) is 25.1 Å². The van der Waals surface area contributed by atoms with Gasteiger partial charge >= 0.3 is 6.18 Å². The maximum atomic E-state index is 12.2. The van der Waals surface area contributed by atoms with Crippen LogP contribution in [0.15, 0.2) is 18.2 Å². The van der Waals surface area contributed by atoms with Crippen molar-refractivity contribution in [3.63, 3.8) is 0 Å². The molecule has 0 saturated heterocycles. The van der Waals surface area contributed by atoms with Crippen LogP contribution in [0, 0.1) is 0 Å². The Hall–Kier alpha value is -1.01. The van der Waals surface area contributed by atoms with Crippen molar-refractivity contribution in [2.24, 2.45) is 5.73 Å². The SMILES string of the molecule is CC(CC(F)(F)F)Nc1cc(Cl)ccc1C(N)=S. The van der Waals surface area contributed by atoms with Crippen molar-refractivity contribution in [3.8, 4) is 0 Å². The van der Waals surface area contributed by atoms with Gasteiger partial charge in [0.05, 0.1) is 6.42 Å². The number of rotatable bonds is 4. The Morgan fingerprint density at radius 2 is 2.11 bits per heavy atom. The summed E-state index contributed by atoms with van der Waals surface area (Å²) in [7, 11) is 0. The molecule has 0 amide bonds. The minimum absolute atomic E-state index is 0.105. The van der Waals surface area contributed by atoms with Crippen LogP contribution in [-0.4, -0.2) is 17.2 Å². The van der Waals surface area contributed by atoms with Gasteiger partial charge in [-0.2, -0.15) is 13.2 Å². The Morgan fingerprint density at radius 1 is 1.50 bits per heavy atom. The Morgan fingerprint density at radius 3 is 2.61 bits per heavy atom. The molecule has 1 atom stereocenters. The van der Waals surface area contributed by atoms with Gasteiger partial charge in [0.15, 0.2) is 0 Å². The van der Waals surface area contributed by atoms with E-state index in [-0.39, 0.29) is 4.99 Å². The molecule has 1 unspecified atom stereocenters. The van der Waals surface area contributed by atoms with Crippen LogP contribution in [0.4, 0.5) is 18.9 Å². The lowest BCUT2D eigenvalue weighted by molar-refractivity contribution is -0.136. The standard InChI is InChI=1S/C11H12ClF3N2S/c1-6(5-11(13,14)15)17-9-4-7(12)2-3-8(9)10(16)18/h2-4,6,17H,5H2,1H3,(H2,16,18). The normalized spacial score (nSPS) is 13.2. The first kappa shape index (κ1) is 15.0. The third-order valence-electron chi connectivity index (χ3n) is 2.19. The van der Waals surface area contributed by atoms with Gasteiger partial charge in [0, 0.05) is 22.3 Å². The molecule has 3 N–H and O–H groups in total. The van der Waals surface area contributed by atoms with E-state index in [2.05, 4.69) is 5.32 Å². The fourth-order valence-electron chi connectivity index (χ4n) is 1.51. The van der Waals surface area contributed by atoms with Crippen molar-refractivity contribution in [1.82, 2.24) is 0 Å². The molecule has 0 aromatic heterocycles. The lowest BCUT2D eigenvalue weighted by atomic mass is 10.1. The van der Waals surface area contributed by atoms with Crippen LogP contribution < -0.4 is 11.1 Å². The number of alkyl halides is 3. The van der Waals surface area contributed by atoms with E-state index in [1.54, 1.807) is 12.1 Å². The maximum Gasteiger partial charge on any atom is 0.391 e. The third-order valence-corrected chi connectivity index (χ3v) is 2.64. The molecule has 7 heteroatoms. The Labute approximate surface area is 113 Å². The molecule has 0 saturated carbocycles. The van der Waals surface area contributed by atoms with Crippen molar-refractivity contribution in [2.45, 2.75) is 25.6 Å². The van der Waals surface area contributed by atoms with Crippen LogP contribution in [0.2, 0.25) is 5.02 Å².